The van der Waals surface area contributed by atoms with E-state index in [4.69, 9.17) is 23.2 Å². The van der Waals surface area contributed by atoms with Crippen LogP contribution in [-0.4, -0.2) is 15.8 Å². The molecule has 1 heterocycles. The number of ketones is 1. The predicted octanol–water partition coefficient (Wildman–Crippen LogP) is 3.64. The summed E-state index contributed by atoms with van der Waals surface area (Å²) in [6, 6.07) is 0. The third-order valence-electron chi connectivity index (χ3n) is 2.75. The van der Waals surface area contributed by atoms with E-state index in [1.807, 2.05) is 0 Å². The fourth-order valence-corrected chi connectivity index (χ4v) is 2.46. The van der Waals surface area contributed by atoms with Gasteiger partial charge in [-0.1, -0.05) is 11.6 Å². The number of halogens is 5. The monoisotopic (exact) mass is 298 g/mol. The van der Waals surface area contributed by atoms with E-state index < -0.39 is 28.1 Å². The van der Waals surface area contributed by atoms with Crippen LogP contribution in [0.4, 0.5) is 13.2 Å². The molecule has 8 heteroatoms. The lowest BCUT2D eigenvalue weighted by molar-refractivity contribution is -0.141. The maximum absolute atomic E-state index is 12.7. The molecule has 0 N–H and O–H groups in total. The summed E-state index contributed by atoms with van der Waals surface area (Å²) >= 11 is 11.2. The largest absolute Gasteiger partial charge is 0.435 e. The number of hydrogen-bond acceptors (Lipinski definition) is 3. The van der Waals surface area contributed by atoms with Crippen molar-refractivity contribution >= 4 is 29.0 Å². The number of Topliss-reactive ketones (excluding diaryl/α,β-unsaturated/α-hetero) is 1. The van der Waals surface area contributed by atoms with Crippen molar-refractivity contribution in [2.75, 3.05) is 0 Å². The molecule has 1 fully saturated rings. The number of carbonyl (C=O) groups excluding carboxylic acids is 1. The molecule has 1 unspecified atom stereocenters. The summed E-state index contributed by atoms with van der Waals surface area (Å²) in [5, 5.41) is -1.08. The zero-order chi connectivity index (χ0) is 13.5. The fraction of sp³-hybridized carbons (Fsp3) is 0.500. The Labute approximate surface area is 110 Å². The van der Waals surface area contributed by atoms with Crippen LogP contribution < -0.4 is 0 Å². The van der Waals surface area contributed by atoms with E-state index in [1.54, 1.807) is 0 Å². The van der Waals surface area contributed by atoms with E-state index in [2.05, 4.69) is 9.97 Å². The first kappa shape index (κ1) is 13.5. The molecule has 1 aliphatic rings. The van der Waals surface area contributed by atoms with Gasteiger partial charge in [-0.25, -0.2) is 9.97 Å². The molecule has 0 bridgehead atoms. The number of hydrogen-bond donors (Lipinski definition) is 0. The van der Waals surface area contributed by atoms with Crippen molar-refractivity contribution < 1.29 is 18.0 Å². The van der Waals surface area contributed by atoms with Gasteiger partial charge in [0.1, 0.15) is 5.78 Å². The molecule has 0 saturated heterocycles. The average molecular weight is 299 g/mol. The van der Waals surface area contributed by atoms with Crippen LogP contribution in [0.2, 0.25) is 10.3 Å². The minimum Gasteiger partial charge on any atom is -0.300 e. The molecule has 2 rings (SSSR count). The van der Waals surface area contributed by atoms with Gasteiger partial charge in [0, 0.05) is 18.8 Å². The van der Waals surface area contributed by atoms with E-state index in [0.717, 1.165) is 0 Å². The number of rotatable bonds is 1. The van der Waals surface area contributed by atoms with Crippen molar-refractivity contribution in [1.29, 1.82) is 0 Å². The van der Waals surface area contributed by atoms with Crippen molar-refractivity contribution in [3.05, 3.63) is 21.7 Å². The summed E-state index contributed by atoms with van der Waals surface area (Å²) in [6.07, 6.45) is -3.79. The smallest absolute Gasteiger partial charge is 0.300 e. The third-order valence-corrected chi connectivity index (χ3v) is 3.29. The quantitative estimate of drug-likeness (QED) is 0.744. The molecular formula is C10H7Cl2F3N2O. The molecule has 1 saturated carbocycles. The highest BCUT2D eigenvalue weighted by atomic mass is 35.5. The normalized spacial score (nSPS) is 20.5. The Morgan fingerprint density at radius 3 is 2.39 bits per heavy atom. The van der Waals surface area contributed by atoms with Crippen LogP contribution in [0, 0.1) is 0 Å². The summed E-state index contributed by atoms with van der Waals surface area (Å²) in [5.41, 5.74) is -1.24. The van der Waals surface area contributed by atoms with Crippen molar-refractivity contribution in [2.45, 2.75) is 31.4 Å². The van der Waals surface area contributed by atoms with Gasteiger partial charge in [0.2, 0.25) is 5.28 Å². The molecule has 0 spiro atoms. The Kier molecular flexibility index (Phi) is 3.51. The van der Waals surface area contributed by atoms with Gasteiger partial charge in [-0.2, -0.15) is 13.2 Å². The van der Waals surface area contributed by atoms with Crippen LogP contribution in [0.25, 0.3) is 0 Å². The van der Waals surface area contributed by atoms with Crippen molar-refractivity contribution in [3.8, 4) is 0 Å². The highest BCUT2D eigenvalue weighted by molar-refractivity contribution is 6.32. The molecule has 1 atom stereocenters. The van der Waals surface area contributed by atoms with Gasteiger partial charge in [-0.15, -0.1) is 0 Å². The van der Waals surface area contributed by atoms with Gasteiger partial charge in [0.25, 0.3) is 0 Å². The predicted molar refractivity (Wildman–Crippen MR) is 58.7 cm³/mol. The molecule has 0 aromatic carbocycles. The topological polar surface area (TPSA) is 42.9 Å². The van der Waals surface area contributed by atoms with E-state index in [0.29, 0.717) is 12.8 Å². The molecule has 1 aliphatic carbocycles. The summed E-state index contributed by atoms with van der Waals surface area (Å²) in [6.45, 7) is 0. The molecular weight excluding hydrogens is 292 g/mol. The van der Waals surface area contributed by atoms with Gasteiger partial charge >= 0.3 is 6.18 Å². The average Bonchev–Trinajstić information content (AvgIpc) is 2.66. The lowest BCUT2D eigenvalue weighted by Crippen LogP contribution is -2.13. The highest BCUT2D eigenvalue weighted by Crippen LogP contribution is 2.40. The minimum atomic E-state index is -4.69. The van der Waals surface area contributed by atoms with Crippen molar-refractivity contribution in [2.24, 2.45) is 0 Å². The fourth-order valence-electron chi connectivity index (χ4n) is 1.94. The van der Waals surface area contributed by atoms with Gasteiger partial charge < -0.3 is 0 Å². The van der Waals surface area contributed by atoms with Gasteiger partial charge in [0.15, 0.2) is 5.69 Å². The molecule has 0 amide bonds. The summed E-state index contributed by atoms with van der Waals surface area (Å²) in [5.74, 6) is -0.425. The maximum atomic E-state index is 12.7. The Hall–Kier alpha value is -0.880. The molecule has 0 radical (unpaired) electrons. The first-order valence-electron chi connectivity index (χ1n) is 5.11. The number of nitrogens with zero attached hydrogens (tertiary/aromatic N) is 2. The Morgan fingerprint density at radius 1 is 1.22 bits per heavy atom. The first-order valence-corrected chi connectivity index (χ1v) is 5.86. The lowest BCUT2D eigenvalue weighted by atomic mass is 10.0. The standard InChI is InChI=1S/C10H7Cl2F3N2O/c11-6-7(4-1-2-5(18)3-4)16-9(12)17-8(6)10(13,14)15/h4H,1-3H2. The second-order valence-electron chi connectivity index (χ2n) is 4.02. The van der Waals surface area contributed by atoms with E-state index in [-0.39, 0.29) is 17.9 Å². The van der Waals surface area contributed by atoms with Crippen LogP contribution in [0.5, 0.6) is 0 Å². The lowest BCUT2D eigenvalue weighted by Gasteiger charge is -2.14. The van der Waals surface area contributed by atoms with Gasteiger partial charge in [-0.3, -0.25) is 4.79 Å². The molecule has 18 heavy (non-hydrogen) atoms. The van der Waals surface area contributed by atoms with Crippen LogP contribution in [0.15, 0.2) is 0 Å². The molecule has 0 aliphatic heterocycles. The minimum absolute atomic E-state index is 0.00911. The first-order chi connectivity index (χ1) is 8.29. The summed E-state index contributed by atoms with van der Waals surface area (Å²) < 4.78 is 38.0. The highest BCUT2D eigenvalue weighted by Gasteiger charge is 2.39. The Morgan fingerprint density at radius 2 is 1.89 bits per heavy atom. The second-order valence-corrected chi connectivity index (χ2v) is 4.73. The van der Waals surface area contributed by atoms with Crippen molar-refractivity contribution in [1.82, 2.24) is 9.97 Å². The van der Waals surface area contributed by atoms with Crippen LogP contribution in [0.1, 0.15) is 36.6 Å². The maximum Gasteiger partial charge on any atom is 0.435 e. The van der Waals surface area contributed by atoms with Crippen molar-refractivity contribution in [3.63, 3.8) is 0 Å². The van der Waals surface area contributed by atoms with E-state index >= 15 is 0 Å². The van der Waals surface area contributed by atoms with Crippen LogP contribution in [0.3, 0.4) is 0 Å². The van der Waals surface area contributed by atoms with Crippen LogP contribution in [-0.2, 0) is 11.0 Å². The zero-order valence-corrected chi connectivity index (χ0v) is 10.4. The summed E-state index contributed by atoms with van der Waals surface area (Å²) in [7, 11) is 0. The second kappa shape index (κ2) is 4.66. The molecule has 98 valence electrons. The molecule has 3 nitrogen and oxygen atoms in total. The number of carbonyl (C=O) groups is 1. The molecule has 1 aromatic rings. The Balaban J connectivity index is 2.48. The van der Waals surface area contributed by atoms with Gasteiger partial charge in [-0.05, 0) is 18.0 Å². The van der Waals surface area contributed by atoms with Crippen LogP contribution >= 0.6 is 23.2 Å². The third kappa shape index (κ3) is 2.59. The van der Waals surface area contributed by atoms with E-state index in [9.17, 15) is 18.0 Å². The Bertz CT molecular complexity index is 505. The SMILES string of the molecule is O=C1CCC(c2nc(Cl)nc(C(F)(F)F)c2Cl)C1. The zero-order valence-electron chi connectivity index (χ0n) is 8.89. The number of alkyl halides is 3. The molecule has 1 aromatic heterocycles. The number of aromatic nitrogens is 2. The summed E-state index contributed by atoms with van der Waals surface area (Å²) in [4.78, 5) is 18.0. The van der Waals surface area contributed by atoms with E-state index in [1.165, 1.54) is 0 Å². The van der Waals surface area contributed by atoms with Gasteiger partial charge in [0.05, 0.1) is 10.7 Å².